The molecule has 1 saturated heterocycles. The minimum absolute atomic E-state index is 0.0111. The SMILES string of the molecule is Cc1ccnc(SCC(=O)NCC2COCCN(C)C2)n1. The minimum atomic E-state index is 0.0111. The smallest absolute Gasteiger partial charge is 0.230 e. The van der Waals surface area contributed by atoms with Gasteiger partial charge in [0.25, 0.3) is 0 Å². The van der Waals surface area contributed by atoms with Crippen molar-refractivity contribution in [2.24, 2.45) is 5.92 Å². The lowest BCUT2D eigenvalue weighted by atomic mass is 10.1. The highest BCUT2D eigenvalue weighted by Crippen LogP contribution is 2.11. The number of aryl methyl sites for hydroxylation is 1. The van der Waals surface area contributed by atoms with Gasteiger partial charge in [0.05, 0.1) is 19.0 Å². The second-order valence-electron chi connectivity index (χ2n) is 5.28. The average Bonchev–Trinajstić information content (AvgIpc) is 2.67. The zero-order valence-corrected chi connectivity index (χ0v) is 13.4. The molecule has 1 unspecified atom stereocenters. The number of likely N-dealkylation sites (N-methyl/N-ethyl adjacent to an activating group) is 1. The molecule has 1 aromatic rings. The van der Waals surface area contributed by atoms with E-state index in [0.29, 0.717) is 30.0 Å². The lowest BCUT2D eigenvalue weighted by molar-refractivity contribution is -0.118. The van der Waals surface area contributed by atoms with Crippen molar-refractivity contribution in [3.8, 4) is 0 Å². The molecule has 1 N–H and O–H groups in total. The molecule has 7 heteroatoms. The van der Waals surface area contributed by atoms with Crippen LogP contribution in [0.5, 0.6) is 0 Å². The minimum Gasteiger partial charge on any atom is -0.380 e. The van der Waals surface area contributed by atoms with Crippen molar-refractivity contribution < 1.29 is 9.53 Å². The van der Waals surface area contributed by atoms with Crippen LogP contribution < -0.4 is 5.32 Å². The zero-order valence-electron chi connectivity index (χ0n) is 12.5. The average molecular weight is 310 g/mol. The normalized spacial score (nSPS) is 20.0. The van der Waals surface area contributed by atoms with E-state index in [2.05, 4.69) is 27.2 Å². The molecule has 1 atom stereocenters. The van der Waals surface area contributed by atoms with E-state index < -0.39 is 0 Å². The third-order valence-electron chi connectivity index (χ3n) is 3.23. The molecule has 1 aromatic heterocycles. The third kappa shape index (κ3) is 5.99. The molecule has 0 aromatic carbocycles. The van der Waals surface area contributed by atoms with Gasteiger partial charge in [-0.25, -0.2) is 9.97 Å². The molecule has 1 aliphatic heterocycles. The van der Waals surface area contributed by atoms with Gasteiger partial charge in [0.1, 0.15) is 0 Å². The van der Waals surface area contributed by atoms with Gasteiger partial charge < -0.3 is 15.0 Å². The first kappa shape index (κ1) is 16.2. The highest BCUT2D eigenvalue weighted by molar-refractivity contribution is 7.99. The predicted octanol–water partition coefficient (Wildman–Crippen LogP) is 0.572. The van der Waals surface area contributed by atoms with Crippen LogP contribution in [0.1, 0.15) is 5.69 Å². The fourth-order valence-corrected chi connectivity index (χ4v) is 2.82. The van der Waals surface area contributed by atoms with Gasteiger partial charge in [-0.1, -0.05) is 11.8 Å². The van der Waals surface area contributed by atoms with Crippen LogP contribution >= 0.6 is 11.8 Å². The lowest BCUT2D eigenvalue weighted by Gasteiger charge is -2.19. The van der Waals surface area contributed by atoms with E-state index >= 15 is 0 Å². The summed E-state index contributed by atoms with van der Waals surface area (Å²) in [4.78, 5) is 22.5. The monoisotopic (exact) mass is 310 g/mol. The first-order valence-electron chi connectivity index (χ1n) is 7.09. The van der Waals surface area contributed by atoms with Gasteiger partial charge in [-0.2, -0.15) is 0 Å². The van der Waals surface area contributed by atoms with Gasteiger partial charge in [-0.3, -0.25) is 4.79 Å². The number of nitrogens with zero attached hydrogens (tertiary/aromatic N) is 3. The largest absolute Gasteiger partial charge is 0.380 e. The fraction of sp³-hybridized carbons (Fsp3) is 0.643. The molecule has 0 bridgehead atoms. The van der Waals surface area contributed by atoms with E-state index in [-0.39, 0.29) is 5.91 Å². The number of amides is 1. The summed E-state index contributed by atoms with van der Waals surface area (Å²) in [5, 5.41) is 3.60. The molecule has 6 nitrogen and oxygen atoms in total. The van der Waals surface area contributed by atoms with Crippen LogP contribution in [0.3, 0.4) is 0 Å². The van der Waals surface area contributed by atoms with Crippen LogP contribution in [0.15, 0.2) is 17.4 Å². The quantitative estimate of drug-likeness (QED) is 0.633. The molecule has 1 aliphatic rings. The number of rotatable bonds is 5. The zero-order chi connectivity index (χ0) is 15.1. The van der Waals surface area contributed by atoms with Crippen LogP contribution in [-0.2, 0) is 9.53 Å². The first-order valence-corrected chi connectivity index (χ1v) is 8.07. The molecule has 1 fully saturated rings. The summed E-state index contributed by atoms with van der Waals surface area (Å²) in [5.41, 5.74) is 0.909. The standard InChI is InChI=1S/C14H22N4O2S/c1-11-3-4-15-14(17-11)21-10-13(19)16-7-12-8-18(2)5-6-20-9-12/h3-4,12H,5-10H2,1-2H3,(H,16,19). The Kier molecular flexibility index (Phi) is 6.41. The molecule has 0 saturated carbocycles. The molecule has 116 valence electrons. The molecular formula is C14H22N4O2S. The van der Waals surface area contributed by atoms with Gasteiger partial charge in [0, 0.05) is 37.4 Å². The summed E-state index contributed by atoms with van der Waals surface area (Å²) in [7, 11) is 2.08. The van der Waals surface area contributed by atoms with Crippen molar-refractivity contribution in [3.63, 3.8) is 0 Å². The Bertz CT molecular complexity index is 472. The van der Waals surface area contributed by atoms with Crippen molar-refractivity contribution in [1.29, 1.82) is 0 Å². The number of nitrogens with one attached hydrogen (secondary N) is 1. The number of carbonyl (C=O) groups is 1. The van der Waals surface area contributed by atoms with Crippen LogP contribution in [0, 0.1) is 12.8 Å². The van der Waals surface area contributed by atoms with Crippen LogP contribution in [0.4, 0.5) is 0 Å². The Hall–Kier alpha value is -1.18. The summed E-state index contributed by atoms with van der Waals surface area (Å²) in [6.45, 7) is 5.94. The second-order valence-corrected chi connectivity index (χ2v) is 6.22. The number of carbonyl (C=O) groups excluding carboxylic acids is 1. The highest BCUT2D eigenvalue weighted by atomic mass is 32.2. The molecule has 1 amide bonds. The van der Waals surface area contributed by atoms with Crippen LogP contribution in [0.25, 0.3) is 0 Å². The van der Waals surface area contributed by atoms with Gasteiger partial charge in [0.2, 0.25) is 5.91 Å². The van der Waals surface area contributed by atoms with E-state index in [0.717, 1.165) is 25.4 Å². The number of hydrogen-bond donors (Lipinski definition) is 1. The molecule has 0 spiro atoms. The molecule has 0 radical (unpaired) electrons. The number of ether oxygens (including phenoxy) is 1. The van der Waals surface area contributed by atoms with E-state index in [9.17, 15) is 4.79 Å². The van der Waals surface area contributed by atoms with E-state index in [1.807, 2.05) is 13.0 Å². The summed E-state index contributed by atoms with van der Waals surface area (Å²) < 4.78 is 5.53. The van der Waals surface area contributed by atoms with Gasteiger partial charge in [0.15, 0.2) is 5.16 Å². The first-order chi connectivity index (χ1) is 10.1. The Morgan fingerprint density at radius 1 is 1.62 bits per heavy atom. The maximum absolute atomic E-state index is 11.9. The van der Waals surface area contributed by atoms with Gasteiger partial charge >= 0.3 is 0 Å². The number of thioether (sulfide) groups is 1. The van der Waals surface area contributed by atoms with Crippen molar-refractivity contribution in [2.75, 3.05) is 45.6 Å². The number of aromatic nitrogens is 2. The Labute approximate surface area is 129 Å². The topological polar surface area (TPSA) is 67.3 Å². The van der Waals surface area contributed by atoms with Crippen molar-refractivity contribution in [3.05, 3.63) is 18.0 Å². The van der Waals surface area contributed by atoms with Crippen molar-refractivity contribution in [1.82, 2.24) is 20.2 Å². The molecule has 21 heavy (non-hydrogen) atoms. The van der Waals surface area contributed by atoms with E-state index in [1.54, 1.807) is 6.20 Å². The molecule has 2 rings (SSSR count). The van der Waals surface area contributed by atoms with Crippen molar-refractivity contribution >= 4 is 17.7 Å². The van der Waals surface area contributed by atoms with Gasteiger partial charge in [-0.15, -0.1) is 0 Å². The summed E-state index contributed by atoms with van der Waals surface area (Å²) >= 11 is 1.36. The lowest BCUT2D eigenvalue weighted by Crippen LogP contribution is -2.36. The van der Waals surface area contributed by atoms with E-state index in [1.165, 1.54) is 11.8 Å². The maximum atomic E-state index is 11.9. The number of hydrogen-bond acceptors (Lipinski definition) is 6. The fourth-order valence-electron chi connectivity index (χ4n) is 2.11. The molecule has 0 aliphatic carbocycles. The Morgan fingerprint density at radius 2 is 2.48 bits per heavy atom. The van der Waals surface area contributed by atoms with E-state index in [4.69, 9.17) is 4.74 Å². The Morgan fingerprint density at radius 3 is 3.29 bits per heavy atom. The molecular weight excluding hydrogens is 288 g/mol. The third-order valence-corrected chi connectivity index (χ3v) is 4.10. The summed E-state index contributed by atoms with van der Waals surface area (Å²) in [6, 6.07) is 1.84. The molecule has 2 heterocycles. The van der Waals surface area contributed by atoms with Gasteiger partial charge in [-0.05, 0) is 20.0 Å². The van der Waals surface area contributed by atoms with Crippen molar-refractivity contribution in [2.45, 2.75) is 12.1 Å². The predicted molar refractivity (Wildman–Crippen MR) is 82.3 cm³/mol. The van der Waals surface area contributed by atoms with Crippen LogP contribution in [0.2, 0.25) is 0 Å². The summed E-state index contributed by atoms with van der Waals surface area (Å²) in [6.07, 6.45) is 1.71. The van der Waals surface area contributed by atoms with Crippen LogP contribution in [-0.4, -0.2) is 66.4 Å². The second kappa shape index (κ2) is 8.31. The Balaban J connectivity index is 1.69. The summed E-state index contributed by atoms with van der Waals surface area (Å²) in [5.74, 6) is 0.700. The maximum Gasteiger partial charge on any atom is 0.230 e. The highest BCUT2D eigenvalue weighted by Gasteiger charge is 2.16.